The molecule has 1 atom stereocenters. The minimum Gasteiger partial charge on any atom is -0.333 e. The van der Waals surface area contributed by atoms with Crippen LogP contribution in [0, 0.1) is 5.92 Å². The molecule has 6 heteroatoms. The van der Waals surface area contributed by atoms with Gasteiger partial charge in [0.15, 0.2) is 5.69 Å². The normalized spacial score (nSPS) is 26.6. The van der Waals surface area contributed by atoms with Crippen molar-refractivity contribution >= 4 is 32.7 Å². The summed E-state index contributed by atoms with van der Waals surface area (Å²) in [6.45, 7) is 6.18. The van der Waals surface area contributed by atoms with Crippen LogP contribution in [0.3, 0.4) is 0 Å². The van der Waals surface area contributed by atoms with E-state index in [2.05, 4.69) is 38.0 Å². The Bertz CT molecular complexity index is 735. The highest BCUT2D eigenvalue weighted by Crippen LogP contribution is 2.32. The number of H-pyrrole nitrogens is 1. The van der Waals surface area contributed by atoms with Crippen LogP contribution in [-0.4, -0.2) is 58.1 Å². The summed E-state index contributed by atoms with van der Waals surface area (Å²) in [6, 6.07) is 6.21. The number of fused-ring (bicyclic) bond motifs is 4. The third kappa shape index (κ3) is 2.58. The molecule has 1 aromatic carbocycles. The zero-order valence-electron chi connectivity index (χ0n) is 13.3. The van der Waals surface area contributed by atoms with Crippen LogP contribution in [0.25, 0.3) is 10.9 Å². The predicted molar refractivity (Wildman–Crippen MR) is 93.5 cm³/mol. The second-order valence-corrected chi connectivity index (χ2v) is 7.47. The predicted octanol–water partition coefficient (Wildman–Crippen LogP) is 2.88. The van der Waals surface area contributed by atoms with E-state index in [9.17, 15) is 4.79 Å². The molecule has 122 valence electrons. The summed E-state index contributed by atoms with van der Waals surface area (Å²) in [4.78, 5) is 17.7. The highest BCUT2D eigenvalue weighted by Gasteiger charge is 2.39. The fourth-order valence-corrected chi connectivity index (χ4v) is 4.46. The molecule has 2 aromatic rings. The van der Waals surface area contributed by atoms with Gasteiger partial charge in [-0.2, -0.15) is 5.10 Å². The lowest BCUT2D eigenvalue weighted by Crippen LogP contribution is -2.58. The van der Waals surface area contributed by atoms with Crippen molar-refractivity contribution in [1.29, 1.82) is 0 Å². The van der Waals surface area contributed by atoms with Gasteiger partial charge in [-0.3, -0.25) is 9.89 Å². The van der Waals surface area contributed by atoms with Crippen LogP contribution >= 0.6 is 15.9 Å². The van der Waals surface area contributed by atoms with Gasteiger partial charge in [-0.15, -0.1) is 0 Å². The zero-order valence-corrected chi connectivity index (χ0v) is 14.8. The van der Waals surface area contributed by atoms with Crippen LogP contribution in [0.2, 0.25) is 0 Å². The summed E-state index contributed by atoms with van der Waals surface area (Å²) in [6.07, 6.45) is 2.42. The Labute approximate surface area is 144 Å². The Morgan fingerprint density at radius 3 is 2.87 bits per heavy atom. The molecule has 1 amide bonds. The van der Waals surface area contributed by atoms with E-state index in [4.69, 9.17) is 0 Å². The van der Waals surface area contributed by atoms with Crippen molar-refractivity contribution in [3.05, 3.63) is 28.4 Å². The number of aromatic amines is 1. The van der Waals surface area contributed by atoms with E-state index in [0.717, 1.165) is 28.5 Å². The van der Waals surface area contributed by atoms with Gasteiger partial charge in [0.25, 0.3) is 5.91 Å². The number of piperidine rings is 3. The fraction of sp³-hybridized carbons (Fsp3) is 0.529. The van der Waals surface area contributed by atoms with E-state index < -0.39 is 0 Å². The van der Waals surface area contributed by atoms with Crippen LogP contribution in [0.4, 0.5) is 0 Å². The van der Waals surface area contributed by atoms with E-state index in [-0.39, 0.29) is 5.91 Å². The first-order valence-corrected chi connectivity index (χ1v) is 9.13. The molecule has 3 fully saturated rings. The van der Waals surface area contributed by atoms with Crippen LogP contribution in [0.1, 0.15) is 30.3 Å². The maximum absolute atomic E-state index is 13.1. The third-order valence-electron chi connectivity index (χ3n) is 5.35. The highest BCUT2D eigenvalue weighted by atomic mass is 79.9. The lowest BCUT2D eigenvalue weighted by Gasteiger charge is -2.48. The smallest absolute Gasteiger partial charge is 0.275 e. The van der Waals surface area contributed by atoms with Gasteiger partial charge in [-0.25, -0.2) is 0 Å². The number of hydrogen-bond donors (Lipinski definition) is 1. The van der Waals surface area contributed by atoms with Gasteiger partial charge >= 0.3 is 0 Å². The second-order valence-electron chi connectivity index (χ2n) is 6.56. The molecule has 0 aliphatic carbocycles. The minimum absolute atomic E-state index is 0.0515. The van der Waals surface area contributed by atoms with Crippen molar-refractivity contribution in [1.82, 2.24) is 20.0 Å². The van der Waals surface area contributed by atoms with E-state index in [1.54, 1.807) is 0 Å². The van der Waals surface area contributed by atoms with Gasteiger partial charge in [0.1, 0.15) is 0 Å². The minimum atomic E-state index is 0.0515. The van der Waals surface area contributed by atoms with E-state index in [1.165, 1.54) is 25.9 Å². The molecule has 1 N–H and O–H groups in total. The fourth-order valence-electron chi connectivity index (χ4n) is 4.10. The number of rotatable bonds is 3. The first kappa shape index (κ1) is 15.1. The Morgan fingerprint density at radius 2 is 2.22 bits per heavy atom. The summed E-state index contributed by atoms with van der Waals surface area (Å²) < 4.78 is 0.964. The quantitative estimate of drug-likeness (QED) is 0.895. The molecule has 23 heavy (non-hydrogen) atoms. The Kier molecular flexibility index (Phi) is 3.89. The average molecular weight is 377 g/mol. The Morgan fingerprint density at radius 1 is 1.43 bits per heavy atom. The van der Waals surface area contributed by atoms with E-state index in [1.807, 2.05) is 23.1 Å². The number of hydrogen-bond acceptors (Lipinski definition) is 3. The SMILES string of the molecule is CCN(C(=O)c1n[nH]c2ccc(Br)cc12)[C@@H]1CN2CCC1CC2. The molecule has 0 saturated carbocycles. The third-order valence-corrected chi connectivity index (χ3v) is 5.84. The van der Waals surface area contributed by atoms with Gasteiger partial charge in [-0.05, 0) is 57.0 Å². The molecule has 0 unspecified atom stereocenters. The molecule has 5 nitrogen and oxygen atoms in total. The highest BCUT2D eigenvalue weighted by molar-refractivity contribution is 9.10. The Balaban J connectivity index is 1.67. The molecular formula is C17H21BrN4O. The topological polar surface area (TPSA) is 52.2 Å². The zero-order chi connectivity index (χ0) is 16.0. The summed E-state index contributed by atoms with van der Waals surface area (Å²) in [5, 5.41) is 8.19. The number of benzene rings is 1. The maximum atomic E-state index is 13.1. The molecule has 3 saturated heterocycles. The largest absolute Gasteiger partial charge is 0.333 e. The molecule has 5 rings (SSSR count). The number of nitrogens with one attached hydrogen (secondary N) is 1. The molecule has 2 bridgehead atoms. The number of likely N-dealkylation sites (N-methyl/N-ethyl adjacent to an activating group) is 1. The number of nitrogens with zero attached hydrogens (tertiary/aromatic N) is 3. The summed E-state index contributed by atoms with van der Waals surface area (Å²) >= 11 is 3.48. The first-order valence-electron chi connectivity index (χ1n) is 8.34. The van der Waals surface area contributed by atoms with Gasteiger partial charge in [-0.1, -0.05) is 15.9 Å². The van der Waals surface area contributed by atoms with Crippen LogP contribution in [0.5, 0.6) is 0 Å². The monoisotopic (exact) mass is 376 g/mol. The van der Waals surface area contributed by atoms with Gasteiger partial charge < -0.3 is 9.80 Å². The van der Waals surface area contributed by atoms with Crippen LogP contribution < -0.4 is 0 Å². The Hall–Kier alpha value is -1.40. The van der Waals surface area contributed by atoms with Gasteiger partial charge in [0.05, 0.1) is 5.52 Å². The number of aromatic nitrogens is 2. The van der Waals surface area contributed by atoms with Crippen molar-refractivity contribution < 1.29 is 4.79 Å². The molecule has 0 radical (unpaired) electrons. The molecule has 3 aliphatic rings. The van der Waals surface area contributed by atoms with Crippen molar-refractivity contribution in [2.45, 2.75) is 25.8 Å². The lowest BCUT2D eigenvalue weighted by atomic mass is 9.83. The lowest BCUT2D eigenvalue weighted by molar-refractivity contribution is 0.00901. The molecule has 4 heterocycles. The number of halogens is 1. The average Bonchev–Trinajstić information content (AvgIpc) is 2.99. The maximum Gasteiger partial charge on any atom is 0.275 e. The molecule has 0 spiro atoms. The summed E-state index contributed by atoms with van der Waals surface area (Å²) in [5.41, 5.74) is 1.45. The van der Waals surface area contributed by atoms with Gasteiger partial charge in [0.2, 0.25) is 0 Å². The molecule has 3 aliphatic heterocycles. The first-order chi connectivity index (χ1) is 11.2. The van der Waals surface area contributed by atoms with Crippen LogP contribution in [-0.2, 0) is 0 Å². The van der Waals surface area contributed by atoms with Gasteiger partial charge in [0, 0.05) is 29.0 Å². The number of amides is 1. The number of carbonyl (C=O) groups excluding carboxylic acids is 1. The number of carbonyl (C=O) groups is 1. The molecular weight excluding hydrogens is 356 g/mol. The standard InChI is InChI=1S/C17H21BrN4O/c1-2-22(15-10-21-7-5-11(15)6-8-21)17(23)16-13-9-12(18)3-4-14(13)19-20-16/h3-4,9,11,15H,2,5-8,10H2,1H3,(H,19,20)/t15-/m1/s1. The van der Waals surface area contributed by atoms with Crippen molar-refractivity contribution in [3.63, 3.8) is 0 Å². The van der Waals surface area contributed by atoms with Crippen molar-refractivity contribution in [3.8, 4) is 0 Å². The van der Waals surface area contributed by atoms with E-state index in [0.29, 0.717) is 17.7 Å². The van der Waals surface area contributed by atoms with E-state index >= 15 is 0 Å². The summed E-state index contributed by atoms with van der Waals surface area (Å²) in [7, 11) is 0. The molecule has 1 aromatic heterocycles. The second kappa shape index (κ2) is 5.91. The van der Waals surface area contributed by atoms with Crippen LogP contribution in [0.15, 0.2) is 22.7 Å². The van der Waals surface area contributed by atoms with Crippen molar-refractivity contribution in [2.75, 3.05) is 26.2 Å². The van der Waals surface area contributed by atoms with Crippen molar-refractivity contribution in [2.24, 2.45) is 5.92 Å². The summed E-state index contributed by atoms with van der Waals surface area (Å²) in [5.74, 6) is 0.691.